The van der Waals surface area contributed by atoms with Crippen LogP contribution < -0.4 is 15.4 Å². The predicted molar refractivity (Wildman–Crippen MR) is 97.6 cm³/mol. The van der Waals surface area contributed by atoms with Gasteiger partial charge in [-0.1, -0.05) is 6.07 Å². The van der Waals surface area contributed by atoms with Gasteiger partial charge in [0.2, 0.25) is 5.91 Å². The number of carbonyl (C=O) groups excluding carboxylic acids is 1. The number of aromatic nitrogens is 2. The molecule has 0 saturated carbocycles. The molecule has 0 unspecified atom stereocenters. The van der Waals surface area contributed by atoms with Crippen LogP contribution in [0.2, 0.25) is 0 Å². The van der Waals surface area contributed by atoms with Gasteiger partial charge in [0.1, 0.15) is 22.1 Å². The molecule has 1 aromatic carbocycles. The average Bonchev–Trinajstić information content (AvgIpc) is 3.03. The minimum Gasteiger partial charge on any atom is -0.494 e. The second-order valence-electron chi connectivity index (χ2n) is 4.86. The SMILES string of the molecule is CNc1ccc(NC(=O)/C=C/c2nc3c(OC)cccc3s2)cn1. The number of hydrogen-bond donors (Lipinski definition) is 2. The largest absolute Gasteiger partial charge is 0.494 e. The standard InChI is InChI=1S/C17H16N4O2S/c1-18-14-7-6-11(10-19-14)20-15(22)8-9-16-21-17-12(23-2)4-3-5-13(17)24-16/h3-10H,1-2H3,(H,18,19)(H,20,22)/b9-8+. The Labute approximate surface area is 143 Å². The molecule has 0 aliphatic rings. The summed E-state index contributed by atoms with van der Waals surface area (Å²) >= 11 is 1.50. The number of para-hydroxylation sites is 1. The minimum absolute atomic E-state index is 0.236. The van der Waals surface area contributed by atoms with Crippen molar-refractivity contribution in [2.75, 3.05) is 24.8 Å². The Hall–Kier alpha value is -2.93. The van der Waals surface area contributed by atoms with Crippen molar-refractivity contribution < 1.29 is 9.53 Å². The average molecular weight is 340 g/mol. The number of fused-ring (bicyclic) bond motifs is 1. The molecule has 0 spiro atoms. The lowest BCUT2D eigenvalue weighted by molar-refractivity contribution is -0.111. The van der Waals surface area contributed by atoms with Gasteiger partial charge in [-0.25, -0.2) is 9.97 Å². The van der Waals surface area contributed by atoms with Crippen LogP contribution in [0.3, 0.4) is 0 Å². The fraction of sp³-hybridized carbons (Fsp3) is 0.118. The van der Waals surface area contributed by atoms with E-state index in [-0.39, 0.29) is 5.91 Å². The second-order valence-corrected chi connectivity index (χ2v) is 5.93. The van der Waals surface area contributed by atoms with Crippen molar-refractivity contribution in [1.82, 2.24) is 9.97 Å². The molecular formula is C17H16N4O2S. The first-order chi connectivity index (χ1) is 11.7. The molecule has 0 atom stereocenters. The van der Waals surface area contributed by atoms with E-state index in [1.165, 1.54) is 17.4 Å². The van der Waals surface area contributed by atoms with E-state index in [0.717, 1.165) is 26.8 Å². The highest BCUT2D eigenvalue weighted by Crippen LogP contribution is 2.29. The molecule has 24 heavy (non-hydrogen) atoms. The number of nitrogens with zero attached hydrogens (tertiary/aromatic N) is 2. The molecule has 0 saturated heterocycles. The van der Waals surface area contributed by atoms with Crippen LogP contribution in [0.4, 0.5) is 11.5 Å². The van der Waals surface area contributed by atoms with E-state index < -0.39 is 0 Å². The summed E-state index contributed by atoms with van der Waals surface area (Å²) in [4.78, 5) is 20.6. The van der Waals surface area contributed by atoms with E-state index in [4.69, 9.17) is 4.74 Å². The summed E-state index contributed by atoms with van der Waals surface area (Å²) < 4.78 is 6.31. The molecule has 0 bridgehead atoms. The van der Waals surface area contributed by atoms with Crippen LogP contribution in [-0.2, 0) is 4.79 Å². The molecule has 122 valence electrons. The Morgan fingerprint density at radius 2 is 2.17 bits per heavy atom. The molecule has 0 radical (unpaired) electrons. The summed E-state index contributed by atoms with van der Waals surface area (Å²) in [7, 11) is 3.40. The van der Waals surface area contributed by atoms with Crippen LogP contribution in [0.15, 0.2) is 42.6 Å². The summed E-state index contributed by atoms with van der Waals surface area (Å²) in [6.07, 6.45) is 4.74. The lowest BCUT2D eigenvalue weighted by atomic mass is 10.3. The minimum atomic E-state index is -0.236. The number of benzene rings is 1. The van der Waals surface area contributed by atoms with Crippen molar-refractivity contribution in [3.63, 3.8) is 0 Å². The topological polar surface area (TPSA) is 76.1 Å². The number of pyridine rings is 1. The zero-order chi connectivity index (χ0) is 16.9. The molecule has 1 amide bonds. The highest BCUT2D eigenvalue weighted by Gasteiger charge is 2.07. The Kier molecular flexibility index (Phi) is 4.72. The summed E-state index contributed by atoms with van der Waals surface area (Å²) in [5, 5.41) is 6.42. The molecule has 0 fully saturated rings. The summed E-state index contributed by atoms with van der Waals surface area (Å²) in [5.41, 5.74) is 1.44. The van der Waals surface area contributed by atoms with Gasteiger partial charge >= 0.3 is 0 Å². The number of nitrogens with one attached hydrogen (secondary N) is 2. The van der Waals surface area contributed by atoms with Crippen molar-refractivity contribution >= 4 is 45.0 Å². The third kappa shape index (κ3) is 3.52. The molecule has 0 aliphatic carbocycles. The maximum absolute atomic E-state index is 12.0. The third-order valence-electron chi connectivity index (χ3n) is 3.28. The number of anilines is 2. The van der Waals surface area contributed by atoms with E-state index in [0.29, 0.717) is 5.69 Å². The number of rotatable bonds is 5. The van der Waals surface area contributed by atoms with Gasteiger partial charge in [-0.15, -0.1) is 11.3 Å². The number of carbonyl (C=O) groups is 1. The summed E-state index contributed by atoms with van der Waals surface area (Å²) in [6, 6.07) is 9.33. The number of ether oxygens (including phenoxy) is 1. The Bertz CT molecular complexity index is 887. The fourth-order valence-electron chi connectivity index (χ4n) is 2.12. The van der Waals surface area contributed by atoms with Crippen LogP contribution >= 0.6 is 11.3 Å². The first kappa shape index (κ1) is 15.9. The van der Waals surface area contributed by atoms with E-state index in [1.807, 2.05) is 18.2 Å². The molecule has 6 nitrogen and oxygen atoms in total. The molecule has 7 heteroatoms. The first-order valence-electron chi connectivity index (χ1n) is 7.26. The van der Waals surface area contributed by atoms with Crippen LogP contribution in [-0.4, -0.2) is 30.0 Å². The highest BCUT2D eigenvalue weighted by molar-refractivity contribution is 7.19. The molecule has 2 heterocycles. The molecule has 3 rings (SSSR count). The predicted octanol–water partition coefficient (Wildman–Crippen LogP) is 3.39. The van der Waals surface area contributed by atoms with Gasteiger partial charge in [0.25, 0.3) is 0 Å². The third-order valence-corrected chi connectivity index (χ3v) is 4.27. The highest BCUT2D eigenvalue weighted by atomic mass is 32.1. The monoisotopic (exact) mass is 340 g/mol. The maximum Gasteiger partial charge on any atom is 0.248 e. The van der Waals surface area contributed by atoms with Crippen molar-refractivity contribution in [1.29, 1.82) is 0 Å². The lowest BCUT2D eigenvalue weighted by Gasteiger charge is -2.02. The van der Waals surface area contributed by atoms with Gasteiger partial charge < -0.3 is 15.4 Å². The van der Waals surface area contributed by atoms with Crippen molar-refractivity contribution in [3.05, 3.63) is 47.6 Å². The Morgan fingerprint density at radius 3 is 2.88 bits per heavy atom. The second kappa shape index (κ2) is 7.10. The molecular weight excluding hydrogens is 324 g/mol. The summed E-state index contributed by atoms with van der Waals surface area (Å²) in [6.45, 7) is 0. The maximum atomic E-state index is 12.0. The first-order valence-corrected chi connectivity index (χ1v) is 8.07. The number of amides is 1. The van der Waals surface area contributed by atoms with Crippen LogP contribution in [0.5, 0.6) is 5.75 Å². The van der Waals surface area contributed by atoms with E-state index in [2.05, 4.69) is 20.6 Å². The van der Waals surface area contributed by atoms with Crippen LogP contribution in [0.25, 0.3) is 16.3 Å². The van der Waals surface area contributed by atoms with Gasteiger partial charge in [-0.3, -0.25) is 4.79 Å². The van der Waals surface area contributed by atoms with Crippen molar-refractivity contribution in [2.45, 2.75) is 0 Å². The van der Waals surface area contributed by atoms with E-state index in [1.54, 1.807) is 38.6 Å². The normalized spacial score (nSPS) is 10.9. The fourth-order valence-corrected chi connectivity index (χ4v) is 3.01. The Morgan fingerprint density at radius 1 is 1.29 bits per heavy atom. The van der Waals surface area contributed by atoms with Crippen LogP contribution in [0.1, 0.15) is 5.01 Å². The zero-order valence-corrected chi connectivity index (χ0v) is 14.1. The van der Waals surface area contributed by atoms with Crippen LogP contribution in [0, 0.1) is 0 Å². The van der Waals surface area contributed by atoms with Gasteiger partial charge in [-0.05, 0) is 30.3 Å². The summed E-state index contributed by atoms with van der Waals surface area (Å²) in [5.74, 6) is 1.23. The number of methoxy groups -OCH3 is 1. The van der Waals surface area contributed by atoms with E-state index >= 15 is 0 Å². The lowest BCUT2D eigenvalue weighted by Crippen LogP contribution is -2.08. The molecule has 2 aromatic heterocycles. The smallest absolute Gasteiger partial charge is 0.248 e. The quantitative estimate of drug-likeness (QED) is 0.696. The molecule has 3 aromatic rings. The van der Waals surface area contributed by atoms with Crippen molar-refractivity contribution in [2.24, 2.45) is 0 Å². The van der Waals surface area contributed by atoms with E-state index in [9.17, 15) is 4.79 Å². The van der Waals surface area contributed by atoms with Gasteiger partial charge in [0.15, 0.2) is 0 Å². The molecule has 2 N–H and O–H groups in total. The zero-order valence-electron chi connectivity index (χ0n) is 13.2. The van der Waals surface area contributed by atoms with Gasteiger partial charge in [-0.2, -0.15) is 0 Å². The Balaban J connectivity index is 1.71. The molecule has 0 aliphatic heterocycles. The number of thiazole rings is 1. The van der Waals surface area contributed by atoms with Gasteiger partial charge in [0, 0.05) is 13.1 Å². The number of hydrogen-bond acceptors (Lipinski definition) is 6. The van der Waals surface area contributed by atoms with Gasteiger partial charge in [0.05, 0.1) is 23.7 Å². The van der Waals surface area contributed by atoms with Crippen molar-refractivity contribution in [3.8, 4) is 5.75 Å².